The second-order valence-electron chi connectivity index (χ2n) is 7.61. The molecule has 0 unspecified atom stereocenters. The number of ether oxygens (including phenoxy) is 2. The average Bonchev–Trinajstić information content (AvgIpc) is 2.76. The van der Waals surface area contributed by atoms with Crippen molar-refractivity contribution in [2.24, 2.45) is 0 Å². The Morgan fingerprint density at radius 2 is 1.75 bits per heavy atom. The van der Waals surface area contributed by atoms with Gasteiger partial charge in [0, 0.05) is 23.8 Å². The average molecular weight is 484 g/mol. The molecule has 6 nitrogen and oxygen atoms in total. The third kappa shape index (κ3) is 8.35. The van der Waals surface area contributed by atoms with Crippen molar-refractivity contribution >= 4 is 29.1 Å². The second-order valence-corrected chi connectivity index (χ2v) is 8.48. The number of rotatable bonds is 13. The van der Waals surface area contributed by atoms with Gasteiger partial charge in [-0.15, -0.1) is 0 Å². The van der Waals surface area contributed by atoms with Gasteiger partial charge in [0.15, 0.2) is 0 Å². The number of carbonyl (C=O) groups excluding carboxylic acids is 1. The summed E-state index contributed by atoms with van der Waals surface area (Å²) >= 11 is 12.2. The van der Waals surface area contributed by atoms with E-state index in [0.29, 0.717) is 23.1 Å². The first-order valence-corrected chi connectivity index (χ1v) is 11.4. The van der Waals surface area contributed by atoms with Crippen LogP contribution < -0.4 is 5.32 Å². The Bertz CT molecular complexity index is 827. The number of hydrogen-bond acceptors (Lipinski definition) is 5. The van der Waals surface area contributed by atoms with Gasteiger partial charge in [0.05, 0.1) is 12.6 Å². The lowest BCUT2D eigenvalue weighted by atomic mass is 9.95. The van der Waals surface area contributed by atoms with Gasteiger partial charge in [-0.25, -0.2) is 0 Å². The highest BCUT2D eigenvalue weighted by atomic mass is 35.5. The molecule has 0 spiro atoms. The molecule has 176 valence electrons. The van der Waals surface area contributed by atoms with Crippen LogP contribution in [0.1, 0.15) is 25.3 Å². The fraction of sp³-hybridized carbons (Fsp3) is 0.458. The number of nitrogens with one attached hydrogen (secondary N) is 1. The fourth-order valence-electron chi connectivity index (χ4n) is 3.40. The monoisotopic (exact) mass is 483 g/mol. The van der Waals surface area contributed by atoms with Crippen LogP contribution >= 0.6 is 23.2 Å². The molecule has 0 radical (unpaired) electrons. The van der Waals surface area contributed by atoms with E-state index in [2.05, 4.69) is 5.32 Å². The summed E-state index contributed by atoms with van der Waals surface area (Å²) in [5.74, 6) is -0.322. The highest BCUT2D eigenvalue weighted by Crippen LogP contribution is 2.27. The standard InChI is InChI=1S/C24H31Cl2NO5/c1-3-4-9-32-24(22(29)14-28)21(27-23(30)15-31-2)10-16-5-7-17(8-6-16)18-11-19(25)13-20(26)12-18/h5-8,11-13,21-22,24,28-29H,3-4,9-10,14-15H2,1-2H3,(H,27,30)/t21-,22-,24-/m0/s1. The highest BCUT2D eigenvalue weighted by Gasteiger charge is 2.30. The summed E-state index contributed by atoms with van der Waals surface area (Å²) in [6.07, 6.45) is 0.244. The molecule has 3 N–H and O–H groups in total. The van der Waals surface area contributed by atoms with E-state index in [1.165, 1.54) is 7.11 Å². The maximum atomic E-state index is 12.2. The molecule has 0 fully saturated rings. The Morgan fingerprint density at radius 1 is 1.09 bits per heavy atom. The second kappa shape index (κ2) is 13.8. The number of carbonyl (C=O) groups is 1. The predicted molar refractivity (Wildman–Crippen MR) is 127 cm³/mol. The Balaban J connectivity index is 2.23. The van der Waals surface area contributed by atoms with Crippen molar-refractivity contribution < 1.29 is 24.5 Å². The fourth-order valence-corrected chi connectivity index (χ4v) is 3.93. The molecule has 1 amide bonds. The molecular weight excluding hydrogens is 453 g/mol. The number of aliphatic hydroxyl groups excluding tert-OH is 2. The van der Waals surface area contributed by atoms with Gasteiger partial charge in [-0.1, -0.05) is 60.8 Å². The minimum atomic E-state index is -1.13. The largest absolute Gasteiger partial charge is 0.394 e. The first-order valence-electron chi connectivity index (χ1n) is 10.6. The van der Waals surface area contributed by atoms with Crippen LogP contribution in [0, 0.1) is 0 Å². The van der Waals surface area contributed by atoms with Crippen LogP contribution in [-0.4, -0.2) is 61.3 Å². The normalized spacial score (nSPS) is 14.1. The third-order valence-corrected chi connectivity index (χ3v) is 5.43. The van der Waals surface area contributed by atoms with Crippen molar-refractivity contribution in [1.29, 1.82) is 0 Å². The molecule has 32 heavy (non-hydrogen) atoms. The Kier molecular flexibility index (Phi) is 11.4. The van der Waals surface area contributed by atoms with Gasteiger partial charge in [-0.3, -0.25) is 4.79 Å². The number of halogens is 2. The van der Waals surface area contributed by atoms with Gasteiger partial charge in [-0.2, -0.15) is 0 Å². The smallest absolute Gasteiger partial charge is 0.246 e. The number of aliphatic hydroxyl groups is 2. The van der Waals surface area contributed by atoms with E-state index in [4.69, 9.17) is 32.7 Å². The molecule has 0 aliphatic rings. The van der Waals surface area contributed by atoms with Crippen molar-refractivity contribution in [3.63, 3.8) is 0 Å². The molecule has 2 aromatic rings. The van der Waals surface area contributed by atoms with Gasteiger partial charge in [0.1, 0.15) is 18.8 Å². The van der Waals surface area contributed by atoms with Crippen LogP contribution in [-0.2, 0) is 20.7 Å². The third-order valence-electron chi connectivity index (χ3n) is 5.00. The number of methoxy groups -OCH3 is 1. The molecule has 0 aliphatic heterocycles. The molecule has 2 rings (SSSR count). The molecule has 0 saturated heterocycles. The molecule has 2 aromatic carbocycles. The summed E-state index contributed by atoms with van der Waals surface area (Å²) in [7, 11) is 1.44. The maximum Gasteiger partial charge on any atom is 0.246 e. The van der Waals surface area contributed by atoms with Gasteiger partial charge in [0.25, 0.3) is 0 Å². The van der Waals surface area contributed by atoms with Crippen LogP contribution in [0.4, 0.5) is 0 Å². The quantitative estimate of drug-likeness (QED) is 0.376. The molecule has 0 heterocycles. The van der Waals surface area contributed by atoms with Crippen LogP contribution in [0.2, 0.25) is 10.0 Å². The van der Waals surface area contributed by atoms with Crippen molar-refractivity contribution in [1.82, 2.24) is 5.32 Å². The topological polar surface area (TPSA) is 88.0 Å². The Morgan fingerprint density at radius 3 is 2.31 bits per heavy atom. The van der Waals surface area contributed by atoms with Crippen molar-refractivity contribution in [3.8, 4) is 11.1 Å². The lowest BCUT2D eigenvalue weighted by Crippen LogP contribution is -2.52. The Hall–Kier alpha value is -1.67. The number of amides is 1. The van der Waals surface area contributed by atoms with Crippen molar-refractivity contribution in [3.05, 3.63) is 58.1 Å². The SMILES string of the molecule is CCCCO[C@@H]([C@H](Cc1ccc(-c2cc(Cl)cc(Cl)c2)cc1)NC(=O)COC)[C@@H](O)CO. The molecule has 0 aliphatic carbocycles. The van der Waals surface area contributed by atoms with E-state index < -0.39 is 24.9 Å². The maximum absolute atomic E-state index is 12.2. The van der Waals surface area contributed by atoms with Crippen LogP contribution in [0.15, 0.2) is 42.5 Å². The summed E-state index contributed by atoms with van der Waals surface area (Å²) in [5.41, 5.74) is 2.78. The molecule has 0 bridgehead atoms. The van der Waals surface area contributed by atoms with Crippen LogP contribution in [0.3, 0.4) is 0 Å². The lowest BCUT2D eigenvalue weighted by Gasteiger charge is -2.31. The number of hydrogen-bond donors (Lipinski definition) is 3. The zero-order valence-corrected chi connectivity index (χ0v) is 19.9. The van der Waals surface area contributed by atoms with Crippen molar-refractivity contribution in [2.75, 3.05) is 26.9 Å². The van der Waals surface area contributed by atoms with Gasteiger partial charge < -0.3 is 25.0 Å². The Labute approximate surface area is 199 Å². The summed E-state index contributed by atoms with van der Waals surface area (Å²) in [4.78, 5) is 12.2. The molecule has 0 aromatic heterocycles. The predicted octanol–water partition coefficient (Wildman–Crippen LogP) is 3.87. The van der Waals surface area contributed by atoms with E-state index >= 15 is 0 Å². The van der Waals surface area contributed by atoms with Crippen LogP contribution in [0.25, 0.3) is 11.1 Å². The number of benzene rings is 2. The van der Waals surface area contributed by atoms with Crippen molar-refractivity contribution in [2.45, 2.75) is 44.4 Å². The minimum absolute atomic E-state index is 0.109. The van der Waals surface area contributed by atoms with Gasteiger partial charge in [-0.05, 0) is 47.7 Å². The summed E-state index contributed by atoms with van der Waals surface area (Å²) in [5, 5.41) is 23.9. The summed E-state index contributed by atoms with van der Waals surface area (Å²) in [6, 6.07) is 12.6. The summed E-state index contributed by atoms with van der Waals surface area (Å²) < 4.78 is 10.8. The molecule has 8 heteroatoms. The van der Waals surface area contributed by atoms with Crippen LogP contribution in [0.5, 0.6) is 0 Å². The van der Waals surface area contributed by atoms with Gasteiger partial charge >= 0.3 is 0 Å². The molecule has 3 atom stereocenters. The summed E-state index contributed by atoms with van der Waals surface area (Å²) in [6.45, 7) is 1.88. The first kappa shape index (κ1) is 26.6. The zero-order valence-electron chi connectivity index (χ0n) is 18.4. The van der Waals surface area contributed by atoms with Gasteiger partial charge in [0.2, 0.25) is 5.91 Å². The number of unbranched alkanes of at least 4 members (excludes halogenated alkanes) is 1. The van der Waals surface area contributed by atoms with E-state index in [1.54, 1.807) is 6.07 Å². The molecule has 0 saturated carbocycles. The lowest BCUT2D eigenvalue weighted by molar-refractivity contribution is -0.129. The minimum Gasteiger partial charge on any atom is -0.394 e. The molecular formula is C24H31Cl2NO5. The highest BCUT2D eigenvalue weighted by molar-refractivity contribution is 6.35. The van der Waals surface area contributed by atoms with E-state index in [0.717, 1.165) is 29.5 Å². The van der Waals surface area contributed by atoms with E-state index in [1.807, 2.05) is 43.3 Å². The first-order chi connectivity index (χ1) is 15.4. The van der Waals surface area contributed by atoms with E-state index in [9.17, 15) is 15.0 Å². The zero-order chi connectivity index (χ0) is 23.5. The van der Waals surface area contributed by atoms with E-state index in [-0.39, 0.29) is 12.5 Å².